The van der Waals surface area contributed by atoms with Crippen molar-refractivity contribution in [2.24, 2.45) is 0 Å². The third-order valence-electron chi connectivity index (χ3n) is 4.15. The molecule has 2 heterocycles. The Morgan fingerprint density at radius 3 is 2.85 bits per heavy atom. The summed E-state index contributed by atoms with van der Waals surface area (Å²) in [5.41, 5.74) is 8.14. The van der Waals surface area contributed by atoms with Crippen molar-refractivity contribution in [3.8, 4) is 5.75 Å². The van der Waals surface area contributed by atoms with E-state index in [2.05, 4.69) is 27.3 Å². The van der Waals surface area contributed by atoms with Gasteiger partial charge in [-0.05, 0) is 12.5 Å². The van der Waals surface area contributed by atoms with Gasteiger partial charge in [0.25, 0.3) is 0 Å². The lowest BCUT2D eigenvalue weighted by Gasteiger charge is -2.16. The standard InChI is InChI=1S/C18H24N6O2/c1-3-6-13(11-25)20-17-16-14(21-18(19)22-17)10-24(23-16)9-12-7-4-5-8-15(12)26-2/h4-5,7-8,10,13,25H,3,6,9,11H2,1-2H3,(H3,19,20,21,22)/t13-/m0/s1. The number of fused-ring (bicyclic) bond motifs is 1. The second-order valence-electron chi connectivity index (χ2n) is 6.12. The molecule has 0 unspecified atom stereocenters. The Balaban J connectivity index is 1.93. The van der Waals surface area contributed by atoms with Gasteiger partial charge < -0.3 is 20.9 Å². The van der Waals surface area contributed by atoms with E-state index in [0.29, 0.717) is 23.4 Å². The van der Waals surface area contributed by atoms with Crippen molar-refractivity contribution < 1.29 is 9.84 Å². The third-order valence-corrected chi connectivity index (χ3v) is 4.15. The number of nitrogens with one attached hydrogen (secondary N) is 1. The lowest BCUT2D eigenvalue weighted by Crippen LogP contribution is -2.24. The fourth-order valence-electron chi connectivity index (χ4n) is 2.92. The van der Waals surface area contributed by atoms with Gasteiger partial charge in [-0.25, -0.2) is 4.98 Å². The number of ether oxygens (including phenoxy) is 1. The predicted octanol–water partition coefficient (Wildman–Crippen LogP) is 2.04. The summed E-state index contributed by atoms with van der Waals surface area (Å²) in [5, 5.41) is 17.4. The fraction of sp³-hybridized carbons (Fsp3) is 0.389. The van der Waals surface area contributed by atoms with Crippen molar-refractivity contribution in [2.75, 3.05) is 24.8 Å². The minimum Gasteiger partial charge on any atom is -0.496 e. The largest absolute Gasteiger partial charge is 0.496 e. The van der Waals surface area contributed by atoms with Gasteiger partial charge in [0.1, 0.15) is 11.3 Å². The summed E-state index contributed by atoms with van der Waals surface area (Å²) >= 11 is 0. The van der Waals surface area contributed by atoms with E-state index in [-0.39, 0.29) is 18.6 Å². The third kappa shape index (κ3) is 3.85. The lowest BCUT2D eigenvalue weighted by atomic mass is 10.2. The van der Waals surface area contributed by atoms with Crippen molar-refractivity contribution >= 4 is 22.8 Å². The molecule has 0 bridgehead atoms. The Bertz CT molecular complexity index is 879. The Morgan fingerprint density at radius 1 is 1.31 bits per heavy atom. The van der Waals surface area contributed by atoms with E-state index < -0.39 is 0 Å². The maximum absolute atomic E-state index is 9.54. The Morgan fingerprint density at radius 2 is 2.12 bits per heavy atom. The number of aromatic nitrogens is 4. The average molecular weight is 356 g/mol. The number of rotatable bonds is 8. The minimum absolute atomic E-state index is 0.0150. The number of benzene rings is 1. The van der Waals surface area contributed by atoms with E-state index in [1.54, 1.807) is 11.8 Å². The van der Waals surface area contributed by atoms with E-state index in [1.165, 1.54) is 0 Å². The van der Waals surface area contributed by atoms with E-state index >= 15 is 0 Å². The summed E-state index contributed by atoms with van der Waals surface area (Å²) in [6.07, 6.45) is 3.60. The number of nitrogens with zero attached hydrogens (tertiary/aromatic N) is 4. The maximum Gasteiger partial charge on any atom is 0.222 e. The zero-order chi connectivity index (χ0) is 18.5. The van der Waals surface area contributed by atoms with Gasteiger partial charge in [0, 0.05) is 5.56 Å². The highest BCUT2D eigenvalue weighted by Gasteiger charge is 2.15. The molecule has 0 spiro atoms. The van der Waals surface area contributed by atoms with E-state index in [4.69, 9.17) is 10.5 Å². The summed E-state index contributed by atoms with van der Waals surface area (Å²) < 4.78 is 7.19. The lowest BCUT2D eigenvalue weighted by molar-refractivity contribution is 0.268. The molecule has 3 rings (SSSR count). The van der Waals surface area contributed by atoms with Gasteiger partial charge in [0.05, 0.1) is 32.5 Å². The first-order chi connectivity index (χ1) is 12.6. The molecule has 0 aliphatic rings. The number of hydrogen-bond donors (Lipinski definition) is 3. The molecule has 3 aromatic rings. The van der Waals surface area contributed by atoms with Gasteiger partial charge in [-0.3, -0.25) is 4.68 Å². The number of methoxy groups -OCH3 is 1. The van der Waals surface area contributed by atoms with Crippen LogP contribution in [-0.4, -0.2) is 44.6 Å². The summed E-state index contributed by atoms with van der Waals surface area (Å²) in [5.74, 6) is 1.52. The van der Waals surface area contributed by atoms with Crippen LogP contribution in [0, 0.1) is 0 Å². The number of nitrogens with two attached hydrogens (primary N) is 1. The van der Waals surface area contributed by atoms with E-state index in [0.717, 1.165) is 24.2 Å². The van der Waals surface area contributed by atoms with E-state index in [9.17, 15) is 5.11 Å². The van der Waals surface area contributed by atoms with Gasteiger partial charge in [0.2, 0.25) is 5.95 Å². The molecule has 0 saturated heterocycles. The SMILES string of the molecule is CCC[C@@H](CO)Nc1nc(N)nc2cn(Cc3ccccc3OC)nc12. The minimum atomic E-state index is -0.100. The molecule has 4 N–H and O–H groups in total. The molecule has 2 aromatic heterocycles. The molecule has 0 radical (unpaired) electrons. The van der Waals surface area contributed by atoms with Crippen LogP contribution in [0.25, 0.3) is 11.0 Å². The maximum atomic E-state index is 9.54. The quantitative estimate of drug-likeness (QED) is 0.566. The number of aliphatic hydroxyl groups is 1. The molecule has 8 nitrogen and oxygen atoms in total. The fourth-order valence-corrected chi connectivity index (χ4v) is 2.92. The summed E-state index contributed by atoms with van der Waals surface area (Å²) in [6, 6.07) is 7.70. The van der Waals surface area contributed by atoms with Crippen LogP contribution in [-0.2, 0) is 6.54 Å². The predicted molar refractivity (Wildman–Crippen MR) is 101 cm³/mol. The Labute approximate surface area is 152 Å². The van der Waals surface area contributed by atoms with Crippen LogP contribution >= 0.6 is 0 Å². The van der Waals surface area contributed by atoms with Gasteiger partial charge in [-0.2, -0.15) is 10.1 Å². The molecule has 0 aliphatic heterocycles. The number of para-hydroxylation sites is 1. The summed E-state index contributed by atoms with van der Waals surface area (Å²) in [7, 11) is 1.65. The van der Waals surface area contributed by atoms with Gasteiger partial charge in [-0.15, -0.1) is 0 Å². The molecule has 1 atom stereocenters. The second-order valence-corrected chi connectivity index (χ2v) is 6.12. The van der Waals surface area contributed by atoms with Crippen LogP contribution in [0.4, 0.5) is 11.8 Å². The molecule has 0 aliphatic carbocycles. The summed E-state index contributed by atoms with van der Waals surface area (Å²) in [4.78, 5) is 8.54. The van der Waals surface area contributed by atoms with Crippen LogP contribution in [0.3, 0.4) is 0 Å². The molecule has 0 amide bonds. The van der Waals surface area contributed by atoms with Crippen LogP contribution in [0.15, 0.2) is 30.5 Å². The first-order valence-corrected chi connectivity index (χ1v) is 8.64. The van der Waals surface area contributed by atoms with Crippen LogP contribution < -0.4 is 15.8 Å². The molecular weight excluding hydrogens is 332 g/mol. The highest BCUT2D eigenvalue weighted by Crippen LogP contribution is 2.23. The average Bonchev–Trinajstić information content (AvgIpc) is 3.04. The van der Waals surface area contributed by atoms with Crippen LogP contribution in [0.2, 0.25) is 0 Å². The molecule has 138 valence electrons. The number of aliphatic hydroxyl groups excluding tert-OH is 1. The van der Waals surface area contributed by atoms with Gasteiger partial charge in [0.15, 0.2) is 11.3 Å². The second kappa shape index (κ2) is 8.01. The Hall–Kier alpha value is -2.87. The molecular formula is C18H24N6O2. The number of nitrogen functional groups attached to an aromatic ring is 1. The first-order valence-electron chi connectivity index (χ1n) is 8.64. The monoisotopic (exact) mass is 356 g/mol. The summed E-state index contributed by atoms with van der Waals surface area (Å²) in [6.45, 7) is 2.62. The van der Waals surface area contributed by atoms with Crippen molar-refractivity contribution in [3.05, 3.63) is 36.0 Å². The first kappa shape index (κ1) is 17.9. The normalized spacial score (nSPS) is 12.3. The smallest absolute Gasteiger partial charge is 0.222 e. The zero-order valence-corrected chi connectivity index (χ0v) is 15.0. The zero-order valence-electron chi connectivity index (χ0n) is 15.0. The molecule has 0 fully saturated rings. The van der Waals surface area contributed by atoms with Crippen molar-refractivity contribution in [3.63, 3.8) is 0 Å². The molecule has 8 heteroatoms. The van der Waals surface area contributed by atoms with Crippen LogP contribution in [0.1, 0.15) is 25.3 Å². The highest BCUT2D eigenvalue weighted by atomic mass is 16.5. The van der Waals surface area contributed by atoms with Gasteiger partial charge >= 0.3 is 0 Å². The molecule has 26 heavy (non-hydrogen) atoms. The molecule has 1 aromatic carbocycles. The van der Waals surface area contributed by atoms with Crippen LogP contribution in [0.5, 0.6) is 5.75 Å². The van der Waals surface area contributed by atoms with Crippen molar-refractivity contribution in [1.82, 2.24) is 19.7 Å². The van der Waals surface area contributed by atoms with E-state index in [1.807, 2.05) is 30.5 Å². The topological polar surface area (TPSA) is 111 Å². The van der Waals surface area contributed by atoms with Crippen molar-refractivity contribution in [1.29, 1.82) is 0 Å². The Kier molecular flexibility index (Phi) is 5.52. The highest BCUT2D eigenvalue weighted by molar-refractivity contribution is 5.85. The number of hydrogen-bond acceptors (Lipinski definition) is 7. The molecule has 0 saturated carbocycles. The van der Waals surface area contributed by atoms with Gasteiger partial charge in [-0.1, -0.05) is 31.5 Å². The number of anilines is 2. The van der Waals surface area contributed by atoms with Crippen molar-refractivity contribution in [2.45, 2.75) is 32.4 Å².